The predicted molar refractivity (Wildman–Crippen MR) is 67.8 cm³/mol. The van der Waals surface area contributed by atoms with Crippen LogP contribution in [0.15, 0.2) is 5.38 Å². The zero-order valence-corrected chi connectivity index (χ0v) is 10.8. The Balaban J connectivity index is 2.57. The molecule has 16 heavy (non-hydrogen) atoms. The lowest BCUT2D eigenvalue weighted by molar-refractivity contribution is 0.0931. The second-order valence-corrected chi connectivity index (χ2v) is 5.26. The van der Waals surface area contributed by atoms with Gasteiger partial charge in [0.25, 0.3) is 5.91 Å². The molecule has 0 aromatic carbocycles. The van der Waals surface area contributed by atoms with Crippen molar-refractivity contribution in [3.63, 3.8) is 0 Å². The molecule has 4 N–H and O–H groups in total. The molecule has 90 valence electrons. The predicted octanol–water partition coefficient (Wildman–Crippen LogP) is 0.568. The molecule has 2 atom stereocenters. The Morgan fingerprint density at radius 2 is 2.50 bits per heavy atom. The van der Waals surface area contributed by atoms with Crippen LogP contribution in [0.2, 0.25) is 0 Å². The third kappa shape index (κ3) is 3.36. The summed E-state index contributed by atoms with van der Waals surface area (Å²) in [5.41, 5.74) is 5.77. The fourth-order valence-electron chi connectivity index (χ4n) is 1.20. The van der Waals surface area contributed by atoms with Crippen molar-refractivity contribution in [2.45, 2.75) is 18.2 Å². The molecule has 1 aromatic rings. The van der Waals surface area contributed by atoms with Gasteiger partial charge >= 0.3 is 0 Å². The van der Waals surface area contributed by atoms with Crippen molar-refractivity contribution < 1.29 is 9.90 Å². The molecule has 0 radical (unpaired) electrons. The summed E-state index contributed by atoms with van der Waals surface area (Å²) in [5.74, 6) is -0.257. The number of carbonyl (C=O) groups excluding carboxylic acids is 1. The first-order valence-corrected chi connectivity index (χ1v) is 6.90. The van der Waals surface area contributed by atoms with Crippen molar-refractivity contribution in [1.82, 2.24) is 10.3 Å². The number of aromatic nitrogens is 1. The van der Waals surface area contributed by atoms with E-state index in [2.05, 4.69) is 10.3 Å². The minimum Gasteiger partial charge on any atom is -0.395 e. The van der Waals surface area contributed by atoms with Crippen molar-refractivity contribution in [1.29, 1.82) is 0 Å². The summed E-state index contributed by atoms with van der Waals surface area (Å²) < 4.78 is 0. The van der Waals surface area contributed by atoms with Gasteiger partial charge in [-0.25, -0.2) is 4.98 Å². The number of nitrogens with one attached hydrogen (secondary N) is 1. The maximum atomic E-state index is 11.7. The number of nitrogens with two attached hydrogens (primary N) is 1. The van der Waals surface area contributed by atoms with Gasteiger partial charge in [-0.2, -0.15) is 11.8 Å². The van der Waals surface area contributed by atoms with Gasteiger partial charge in [0.1, 0.15) is 5.69 Å². The largest absolute Gasteiger partial charge is 0.395 e. The summed E-state index contributed by atoms with van der Waals surface area (Å²) >= 11 is 2.74. The Hall–Kier alpha value is -0.790. The molecule has 5 nitrogen and oxygen atoms in total. The quantitative estimate of drug-likeness (QED) is 0.721. The van der Waals surface area contributed by atoms with Gasteiger partial charge in [-0.15, -0.1) is 11.3 Å². The SMILES string of the molecule is CSC(CO)C(C)NC(=O)c1csc(N)n1. The van der Waals surface area contributed by atoms with Crippen LogP contribution in [0.1, 0.15) is 17.4 Å². The first-order valence-electron chi connectivity index (χ1n) is 4.74. The summed E-state index contributed by atoms with van der Waals surface area (Å²) in [6.07, 6.45) is 1.89. The van der Waals surface area contributed by atoms with E-state index >= 15 is 0 Å². The molecule has 2 unspecified atom stereocenters. The number of rotatable bonds is 5. The second kappa shape index (κ2) is 6.07. The van der Waals surface area contributed by atoms with Gasteiger partial charge in [-0.05, 0) is 13.2 Å². The molecular weight excluding hydrogens is 246 g/mol. The highest BCUT2D eigenvalue weighted by atomic mass is 32.2. The van der Waals surface area contributed by atoms with E-state index in [0.717, 1.165) is 0 Å². The van der Waals surface area contributed by atoms with Crippen molar-refractivity contribution in [3.05, 3.63) is 11.1 Å². The molecule has 0 fully saturated rings. The molecule has 0 spiro atoms. The highest BCUT2D eigenvalue weighted by molar-refractivity contribution is 7.99. The Kier molecular flexibility index (Phi) is 5.04. The van der Waals surface area contributed by atoms with Gasteiger partial charge in [0, 0.05) is 16.7 Å². The van der Waals surface area contributed by atoms with E-state index in [1.807, 2.05) is 13.2 Å². The van der Waals surface area contributed by atoms with Crippen molar-refractivity contribution in [2.24, 2.45) is 0 Å². The number of hydrogen-bond donors (Lipinski definition) is 3. The van der Waals surface area contributed by atoms with Gasteiger partial charge in [-0.1, -0.05) is 0 Å². The number of nitrogens with zero attached hydrogens (tertiary/aromatic N) is 1. The van der Waals surface area contributed by atoms with Crippen LogP contribution in [0.3, 0.4) is 0 Å². The third-order valence-electron chi connectivity index (χ3n) is 2.15. The number of amides is 1. The molecule has 0 aliphatic carbocycles. The molecule has 1 heterocycles. The molecule has 0 saturated carbocycles. The summed E-state index contributed by atoms with van der Waals surface area (Å²) in [5, 5.41) is 13.8. The van der Waals surface area contributed by atoms with Crippen molar-refractivity contribution in [3.8, 4) is 0 Å². The molecule has 1 rings (SSSR count). The molecule has 1 amide bonds. The molecule has 0 aliphatic heterocycles. The Labute approximate surface area is 102 Å². The number of nitrogen functional groups attached to an aromatic ring is 1. The van der Waals surface area contributed by atoms with Gasteiger partial charge in [0.2, 0.25) is 0 Å². The molecule has 0 bridgehead atoms. The van der Waals surface area contributed by atoms with Gasteiger partial charge < -0.3 is 16.2 Å². The average molecular weight is 261 g/mol. The zero-order chi connectivity index (χ0) is 12.1. The van der Waals surface area contributed by atoms with E-state index in [0.29, 0.717) is 10.8 Å². The van der Waals surface area contributed by atoms with E-state index < -0.39 is 0 Å². The molecule has 0 aliphatic rings. The highest BCUT2D eigenvalue weighted by Gasteiger charge is 2.19. The maximum absolute atomic E-state index is 11.7. The maximum Gasteiger partial charge on any atom is 0.271 e. The van der Waals surface area contributed by atoms with Crippen molar-refractivity contribution in [2.75, 3.05) is 18.6 Å². The Bertz CT molecular complexity index is 352. The summed E-state index contributed by atoms with van der Waals surface area (Å²) in [6, 6.07) is -0.115. The zero-order valence-electron chi connectivity index (χ0n) is 9.14. The van der Waals surface area contributed by atoms with Crippen LogP contribution in [0.4, 0.5) is 5.13 Å². The molecular formula is C9H15N3O2S2. The Morgan fingerprint density at radius 3 is 2.94 bits per heavy atom. The average Bonchev–Trinajstić information content (AvgIpc) is 2.66. The second-order valence-electron chi connectivity index (χ2n) is 3.29. The summed E-state index contributed by atoms with van der Waals surface area (Å²) in [4.78, 5) is 15.6. The summed E-state index contributed by atoms with van der Waals surface area (Å²) in [6.45, 7) is 1.88. The van der Waals surface area contributed by atoms with Crippen molar-refractivity contribution >= 4 is 34.1 Å². The number of thiazole rings is 1. The van der Waals surface area contributed by atoms with E-state index in [1.54, 1.807) is 5.38 Å². The van der Waals surface area contributed by atoms with Gasteiger partial charge in [0.15, 0.2) is 5.13 Å². The van der Waals surface area contributed by atoms with Crippen LogP contribution in [0.25, 0.3) is 0 Å². The fraction of sp³-hybridized carbons (Fsp3) is 0.556. The number of aliphatic hydroxyl groups is 1. The van der Waals surface area contributed by atoms with E-state index in [1.165, 1.54) is 23.1 Å². The number of anilines is 1. The minimum absolute atomic E-state index is 0.0140. The molecule has 7 heteroatoms. The standard InChI is InChI=1S/C9H15N3O2S2/c1-5(7(3-13)15-2)11-8(14)6-4-16-9(10)12-6/h4-5,7,13H,3H2,1-2H3,(H2,10,12)(H,11,14). The van der Waals surface area contributed by atoms with E-state index in [9.17, 15) is 4.79 Å². The topological polar surface area (TPSA) is 88.2 Å². The number of aliphatic hydroxyl groups excluding tert-OH is 1. The van der Waals surface area contributed by atoms with Crippen LogP contribution in [-0.4, -0.2) is 40.2 Å². The van der Waals surface area contributed by atoms with Gasteiger partial charge in [-0.3, -0.25) is 4.79 Å². The summed E-state index contributed by atoms with van der Waals surface area (Å²) in [7, 11) is 0. The normalized spacial score (nSPS) is 14.4. The third-order valence-corrected chi connectivity index (χ3v) is 3.99. The van der Waals surface area contributed by atoms with E-state index in [-0.39, 0.29) is 23.8 Å². The van der Waals surface area contributed by atoms with Gasteiger partial charge in [0.05, 0.1) is 6.61 Å². The molecule has 0 saturated heterocycles. The van der Waals surface area contributed by atoms with E-state index in [4.69, 9.17) is 10.8 Å². The van der Waals surface area contributed by atoms with Crippen LogP contribution < -0.4 is 11.1 Å². The number of thioether (sulfide) groups is 1. The smallest absolute Gasteiger partial charge is 0.271 e. The van der Waals surface area contributed by atoms with Crippen LogP contribution >= 0.6 is 23.1 Å². The highest BCUT2D eigenvalue weighted by Crippen LogP contribution is 2.13. The van der Waals surface area contributed by atoms with Crippen LogP contribution in [-0.2, 0) is 0 Å². The first kappa shape index (κ1) is 13.3. The number of carbonyl (C=O) groups is 1. The molecule has 1 aromatic heterocycles. The van der Waals surface area contributed by atoms with Crippen LogP contribution in [0, 0.1) is 0 Å². The minimum atomic E-state index is -0.257. The lowest BCUT2D eigenvalue weighted by Gasteiger charge is -2.20. The first-order chi connectivity index (χ1) is 7.58. The lowest BCUT2D eigenvalue weighted by atomic mass is 10.2. The lowest BCUT2D eigenvalue weighted by Crippen LogP contribution is -2.41. The monoisotopic (exact) mass is 261 g/mol. The fourth-order valence-corrected chi connectivity index (χ4v) is 2.37. The van der Waals surface area contributed by atoms with Crippen LogP contribution in [0.5, 0.6) is 0 Å². The number of hydrogen-bond acceptors (Lipinski definition) is 6. The Morgan fingerprint density at radius 1 is 1.81 bits per heavy atom.